The number of aromatic amines is 1. The van der Waals surface area contributed by atoms with Crippen molar-refractivity contribution in [2.24, 2.45) is 0 Å². The second-order valence-electron chi connectivity index (χ2n) is 22.4. The summed E-state index contributed by atoms with van der Waals surface area (Å²) < 4.78 is 98.6. The standard InChI is InChI=1S/C55H77F3N5O11PSSi2/c1-37(2)63(38(3)4)75(71-30-18-29-59)73-47-45(36-70-54(40-19-16-15-17-20-40,41-21-25-43(67-8)26-22-41)42-23-27-44(68-9)28-24-42)72-50(48(47)74-78(13,14)53(5,6)7)62-34-39(49(65)60-52(62)76)33-61(51(66)55(56,57)58)35-46(64)69-31-32-77(10,11)12/h15-17,19-28,34,37-38,45,47-48,50H,18,30-33,35-36H2,1-14H3,(H,60,65,76)/t45-,47-,48-,50-,75?/m1/s1. The van der Waals surface area contributed by atoms with Gasteiger partial charge in [-0.2, -0.15) is 18.4 Å². The van der Waals surface area contributed by atoms with Crippen LogP contribution < -0.4 is 15.0 Å². The molecule has 3 aromatic carbocycles. The Morgan fingerprint density at radius 2 is 1.41 bits per heavy atom. The molecule has 1 N–H and O–H groups in total. The highest BCUT2D eigenvalue weighted by atomic mass is 32.1. The van der Waals surface area contributed by atoms with Crippen molar-refractivity contribution in [2.45, 2.75) is 154 Å². The van der Waals surface area contributed by atoms with E-state index in [9.17, 15) is 32.8 Å². The average molecular weight is 1160 g/mol. The molecule has 1 aromatic heterocycles. The van der Waals surface area contributed by atoms with Crippen molar-refractivity contribution in [3.8, 4) is 17.6 Å². The topological polar surface area (TPSA) is 176 Å². The number of aromatic nitrogens is 2. The molecule has 428 valence electrons. The van der Waals surface area contributed by atoms with Crippen LogP contribution in [0.2, 0.25) is 43.8 Å². The third kappa shape index (κ3) is 16.2. The van der Waals surface area contributed by atoms with Gasteiger partial charge >= 0.3 is 18.1 Å². The third-order valence-corrected chi connectivity index (χ3v) is 22.3. The van der Waals surface area contributed by atoms with E-state index >= 15 is 0 Å². The van der Waals surface area contributed by atoms with Crippen LogP contribution in [-0.2, 0) is 49.4 Å². The van der Waals surface area contributed by atoms with Crippen LogP contribution in [0.1, 0.15) is 83.4 Å². The number of nitrogens with one attached hydrogen (secondary N) is 1. The molecular formula is C55H77F3N5O11PSSi2. The minimum atomic E-state index is -5.41. The summed E-state index contributed by atoms with van der Waals surface area (Å²) in [6, 6.07) is 27.1. The van der Waals surface area contributed by atoms with E-state index in [1.807, 2.05) is 139 Å². The number of halogens is 3. The maximum absolute atomic E-state index is 14.3. The molecule has 78 heavy (non-hydrogen) atoms. The molecule has 16 nitrogen and oxygen atoms in total. The molecule has 1 amide bonds. The number of esters is 1. The number of methoxy groups -OCH3 is 2. The first-order valence-electron chi connectivity index (χ1n) is 25.9. The monoisotopic (exact) mass is 1160 g/mol. The number of amides is 1. The Morgan fingerprint density at radius 3 is 1.90 bits per heavy atom. The van der Waals surface area contributed by atoms with Crippen molar-refractivity contribution in [3.63, 3.8) is 0 Å². The lowest BCUT2D eigenvalue weighted by Gasteiger charge is -2.42. The van der Waals surface area contributed by atoms with Gasteiger partial charge in [0.1, 0.15) is 42.0 Å². The number of benzene rings is 3. The van der Waals surface area contributed by atoms with E-state index in [4.69, 9.17) is 49.4 Å². The molecular weight excluding hydrogens is 1080 g/mol. The summed E-state index contributed by atoms with van der Waals surface area (Å²) in [4.78, 5) is 42.9. The fourth-order valence-corrected chi connectivity index (χ4v) is 12.6. The predicted molar refractivity (Wildman–Crippen MR) is 301 cm³/mol. The van der Waals surface area contributed by atoms with Crippen LogP contribution in [-0.4, -0.2) is 125 Å². The second-order valence-corrected chi connectivity index (χ2v) is 34.5. The van der Waals surface area contributed by atoms with Crippen LogP contribution in [0.5, 0.6) is 11.5 Å². The Bertz CT molecular complexity index is 2710. The number of carbonyl (C=O) groups is 2. The second kappa shape index (κ2) is 27.1. The lowest BCUT2D eigenvalue weighted by molar-refractivity contribution is -0.187. The quantitative estimate of drug-likeness (QED) is 0.0157. The molecule has 1 unspecified atom stereocenters. The van der Waals surface area contributed by atoms with Crippen molar-refractivity contribution >= 4 is 49.0 Å². The molecule has 0 aliphatic carbocycles. The summed E-state index contributed by atoms with van der Waals surface area (Å²) in [6.45, 7) is 22.1. The van der Waals surface area contributed by atoms with Gasteiger partial charge < -0.3 is 42.1 Å². The zero-order valence-electron chi connectivity index (χ0n) is 47.3. The van der Waals surface area contributed by atoms with E-state index in [2.05, 4.69) is 36.5 Å². The van der Waals surface area contributed by atoms with Gasteiger partial charge in [0, 0.05) is 26.4 Å². The van der Waals surface area contributed by atoms with E-state index in [0.717, 1.165) is 16.7 Å². The van der Waals surface area contributed by atoms with Crippen LogP contribution in [0.3, 0.4) is 0 Å². The van der Waals surface area contributed by atoms with Gasteiger partial charge in [-0.05, 0) is 105 Å². The summed E-state index contributed by atoms with van der Waals surface area (Å²) in [5.41, 5.74) is -0.416. The molecule has 0 radical (unpaired) electrons. The Hall–Kier alpha value is -4.80. The molecule has 2 heterocycles. The highest BCUT2D eigenvalue weighted by Crippen LogP contribution is 2.53. The van der Waals surface area contributed by atoms with Gasteiger partial charge in [-0.1, -0.05) is 95.0 Å². The van der Waals surface area contributed by atoms with Crippen molar-refractivity contribution in [2.75, 3.05) is 40.6 Å². The molecule has 5 atom stereocenters. The molecule has 1 fully saturated rings. The Balaban J connectivity index is 1.77. The van der Waals surface area contributed by atoms with Gasteiger partial charge in [0.25, 0.3) is 14.1 Å². The van der Waals surface area contributed by atoms with E-state index < -0.39 is 96.8 Å². The number of nitrogens with zero attached hydrogens (tertiary/aromatic N) is 4. The van der Waals surface area contributed by atoms with Crippen LogP contribution >= 0.6 is 20.7 Å². The molecule has 5 rings (SSSR count). The van der Waals surface area contributed by atoms with Crippen molar-refractivity contribution in [1.29, 1.82) is 5.26 Å². The Morgan fingerprint density at radius 1 is 0.859 bits per heavy atom. The summed E-state index contributed by atoms with van der Waals surface area (Å²) in [5, 5.41) is 9.25. The predicted octanol–water partition coefficient (Wildman–Crippen LogP) is 11.7. The largest absolute Gasteiger partial charge is 0.497 e. The molecule has 1 saturated heterocycles. The van der Waals surface area contributed by atoms with Crippen molar-refractivity contribution in [3.05, 3.63) is 122 Å². The number of nitriles is 1. The summed E-state index contributed by atoms with van der Waals surface area (Å²) in [6.07, 6.45) is -8.65. The summed E-state index contributed by atoms with van der Waals surface area (Å²) in [7, 11) is -3.48. The number of ether oxygens (including phenoxy) is 5. The maximum atomic E-state index is 14.3. The normalized spacial score (nSPS) is 17.8. The SMILES string of the molecule is COc1ccc(C(OC[C@H]2O[C@@H](n3cc(CN(CC(=O)OCC[Si](C)(C)C)C(=O)C(F)(F)F)c(=O)[nH]c3=S)[C@H](O[Si](C)(C)C(C)(C)C)[C@@H]2OP(OCCC#N)N(C(C)C)C(C)C)(c2ccccc2)c2ccc(OC)cc2)cc1. The smallest absolute Gasteiger partial charge is 0.471 e. The number of carbonyl (C=O) groups excluding carboxylic acids is 2. The van der Waals surface area contributed by atoms with Gasteiger partial charge in [0.05, 0.1) is 58.6 Å². The fraction of sp³-hybridized carbons (Fsp3) is 0.545. The number of hydrogen-bond acceptors (Lipinski definition) is 14. The number of alkyl halides is 3. The lowest BCUT2D eigenvalue weighted by Crippen LogP contribution is -2.50. The zero-order chi connectivity index (χ0) is 58.0. The summed E-state index contributed by atoms with van der Waals surface area (Å²) in [5.74, 6) is -2.19. The lowest BCUT2D eigenvalue weighted by atomic mass is 9.80. The molecule has 4 aromatic rings. The average Bonchev–Trinajstić information content (AvgIpc) is 3.80. The Labute approximate surface area is 465 Å². The van der Waals surface area contributed by atoms with E-state index in [0.29, 0.717) is 17.5 Å². The van der Waals surface area contributed by atoms with Gasteiger partial charge in [0.2, 0.25) is 0 Å². The van der Waals surface area contributed by atoms with Crippen LogP contribution in [0.4, 0.5) is 13.2 Å². The first kappa shape index (κ1) is 64.0. The first-order valence-corrected chi connectivity index (χ1v) is 34.1. The van der Waals surface area contributed by atoms with Gasteiger partial charge in [-0.15, -0.1) is 0 Å². The highest BCUT2D eigenvalue weighted by molar-refractivity contribution is 7.71. The molecule has 1 aliphatic rings. The summed E-state index contributed by atoms with van der Waals surface area (Å²) >= 11 is 5.88. The maximum Gasteiger partial charge on any atom is 0.471 e. The molecule has 1 aliphatic heterocycles. The minimum absolute atomic E-state index is 0.0312. The van der Waals surface area contributed by atoms with Crippen molar-refractivity contribution < 1.29 is 59.9 Å². The van der Waals surface area contributed by atoms with Gasteiger partial charge in [-0.25, -0.2) is 4.67 Å². The van der Waals surface area contributed by atoms with E-state index in [1.54, 1.807) is 14.2 Å². The molecule has 23 heteroatoms. The van der Waals surface area contributed by atoms with Gasteiger partial charge in [0.15, 0.2) is 19.3 Å². The van der Waals surface area contributed by atoms with E-state index in [1.165, 1.54) is 10.8 Å². The number of H-pyrrole nitrogens is 1. The number of hydrogen-bond donors (Lipinski definition) is 1. The van der Waals surface area contributed by atoms with Crippen LogP contribution in [0.15, 0.2) is 89.9 Å². The number of rotatable bonds is 26. The fourth-order valence-electron chi connectivity index (χ4n) is 8.60. The van der Waals surface area contributed by atoms with Crippen LogP contribution in [0.25, 0.3) is 0 Å². The van der Waals surface area contributed by atoms with Gasteiger partial charge in [-0.3, -0.25) is 23.9 Å². The minimum Gasteiger partial charge on any atom is -0.497 e. The highest BCUT2D eigenvalue weighted by Gasteiger charge is 2.55. The molecule has 0 spiro atoms. The first-order chi connectivity index (χ1) is 36.5. The molecule has 0 saturated carbocycles. The zero-order valence-corrected chi connectivity index (χ0v) is 51.0. The molecule has 0 bridgehead atoms. The third-order valence-electron chi connectivity index (χ3n) is 13.7. The van der Waals surface area contributed by atoms with Crippen molar-refractivity contribution in [1.82, 2.24) is 19.1 Å². The van der Waals surface area contributed by atoms with E-state index in [-0.39, 0.29) is 53.6 Å². The Kier molecular flexibility index (Phi) is 22.3. The van der Waals surface area contributed by atoms with Crippen LogP contribution in [0, 0.1) is 16.1 Å².